The molecule has 1 aliphatic heterocycles. The maximum absolute atomic E-state index is 12.5. The van der Waals surface area contributed by atoms with Crippen LogP contribution < -0.4 is 20.5 Å². The Labute approximate surface area is 188 Å². The number of hydrogen-bond donors (Lipinski definition) is 2. The normalized spacial score (nSPS) is 22.6. The third kappa shape index (κ3) is 5.32. The zero-order chi connectivity index (χ0) is 22.8. The van der Waals surface area contributed by atoms with Crippen LogP contribution in [0.1, 0.15) is 32.1 Å². The number of rotatable bonds is 6. The lowest BCUT2D eigenvalue weighted by Crippen LogP contribution is -2.42. The Morgan fingerprint density at radius 2 is 1.66 bits per heavy atom. The molecule has 172 valence electrons. The largest absolute Gasteiger partial charge is 0.573 e. The minimum atomic E-state index is -4.76. The van der Waals surface area contributed by atoms with Crippen molar-refractivity contribution >= 4 is 17.7 Å². The molecule has 1 unspecified atom stereocenters. The first-order valence-electron chi connectivity index (χ1n) is 10.5. The number of nitrogens with one attached hydrogen (secondary N) is 1. The number of carbonyl (C=O) groups is 1. The van der Waals surface area contributed by atoms with Gasteiger partial charge in [0.2, 0.25) is 5.91 Å². The lowest BCUT2D eigenvalue weighted by Gasteiger charge is -2.35. The predicted octanol–water partition coefficient (Wildman–Crippen LogP) is 5.25. The van der Waals surface area contributed by atoms with E-state index in [9.17, 15) is 18.0 Å². The summed E-state index contributed by atoms with van der Waals surface area (Å²) >= 11 is 1.50. The topological polar surface area (TPSA) is 73.6 Å². The summed E-state index contributed by atoms with van der Waals surface area (Å²) in [5.74, 6) is 0.0654. The van der Waals surface area contributed by atoms with Gasteiger partial charge in [-0.15, -0.1) is 24.9 Å². The Hall–Kier alpha value is -2.39. The minimum Gasteiger partial charge on any atom is -0.457 e. The molecule has 1 atom stereocenters. The van der Waals surface area contributed by atoms with Gasteiger partial charge in [0.15, 0.2) is 0 Å². The van der Waals surface area contributed by atoms with E-state index in [-0.39, 0.29) is 22.8 Å². The molecule has 32 heavy (non-hydrogen) atoms. The number of nitrogens with two attached hydrogens (primary N) is 1. The summed E-state index contributed by atoms with van der Waals surface area (Å²) in [5, 5.41) is 3.38. The van der Waals surface area contributed by atoms with Crippen LogP contribution in [-0.2, 0) is 4.79 Å². The molecule has 9 heteroatoms. The van der Waals surface area contributed by atoms with E-state index in [0.29, 0.717) is 5.75 Å². The van der Waals surface area contributed by atoms with Crippen LogP contribution in [0.25, 0.3) is 0 Å². The summed E-state index contributed by atoms with van der Waals surface area (Å²) in [7, 11) is 0. The Morgan fingerprint density at radius 1 is 0.969 bits per heavy atom. The zero-order valence-corrected chi connectivity index (χ0v) is 18.2. The van der Waals surface area contributed by atoms with E-state index in [4.69, 9.17) is 10.5 Å². The smallest absolute Gasteiger partial charge is 0.457 e. The van der Waals surface area contributed by atoms with Gasteiger partial charge in [0.05, 0.1) is 4.75 Å². The lowest BCUT2D eigenvalue weighted by molar-refractivity contribution is -0.274. The first-order valence-corrected chi connectivity index (χ1v) is 11.3. The number of carbonyl (C=O) groups excluding carboxylic acids is 1. The van der Waals surface area contributed by atoms with Crippen LogP contribution in [0.4, 0.5) is 13.2 Å². The SMILES string of the molecule is NC(=O)C1(Sc2ccc(Oc3cccc(OC(F)(F)F)c3)cc2)CCC2(CCNCC2)C1. The Balaban J connectivity index is 1.43. The second kappa shape index (κ2) is 8.86. The first-order chi connectivity index (χ1) is 15.2. The van der Waals surface area contributed by atoms with Crippen molar-refractivity contribution in [3.63, 3.8) is 0 Å². The highest BCUT2D eigenvalue weighted by atomic mass is 32.2. The Morgan fingerprint density at radius 3 is 2.31 bits per heavy atom. The van der Waals surface area contributed by atoms with Crippen LogP contribution in [0.3, 0.4) is 0 Å². The number of amides is 1. The maximum atomic E-state index is 12.5. The zero-order valence-electron chi connectivity index (χ0n) is 17.4. The summed E-state index contributed by atoms with van der Waals surface area (Å²) in [4.78, 5) is 13.4. The molecule has 0 radical (unpaired) electrons. The van der Waals surface area contributed by atoms with Crippen LogP contribution in [0.15, 0.2) is 53.4 Å². The highest BCUT2D eigenvalue weighted by Crippen LogP contribution is 2.56. The van der Waals surface area contributed by atoms with Crippen molar-refractivity contribution < 1.29 is 27.4 Å². The summed E-state index contributed by atoms with van der Waals surface area (Å²) in [5.41, 5.74) is 6.05. The van der Waals surface area contributed by atoms with Crippen LogP contribution in [0.5, 0.6) is 17.2 Å². The molecule has 0 bridgehead atoms. The number of ether oxygens (including phenoxy) is 2. The molecule has 1 amide bonds. The van der Waals surface area contributed by atoms with Gasteiger partial charge in [-0.2, -0.15) is 0 Å². The van der Waals surface area contributed by atoms with Gasteiger partial charge in [-0.3, -0.25) is 4.79 Å². The van der Waals surface area contributed by atoms with E-state index in [1.807, 2.05) is 12.1 Å². The molecule has 1 heterocycles. The predicted molar refractivity (Wildman–Crippen MR) is 116 cm³/mol. The number of halogens is 3. The standard InChI is InChI=1S/C23H25F3N2O3S/c24-23(25,26)31-18-3-1-2-17(14-18)30-16-4-6-19(7-5-16)32-22(20(27)29)9-8-21(15-22)10-12-28-13-11-21/h1-7,14,28H,8-13,15H2,(H2,27,29). The first kappa shape index (κ1) is 22.8. The van der Waals surface area contributed by atoms with Crippen molar-refractivity contribution in [2.45, 2.75) is 48.1 Å². The van der Waals surface area contributed by atoms with Gasteiger partial charge in [-0.1, -0.05) is 6.07 Å². The van der Waals surface area contributed by atoms with E-state index in [2.05, 4.69) is 10.1 Å². The number of alkyl halides is 3. The quantitative estimate of drug-likeness (QED) is 0.609. The molecule has 1 aliphatic carbocycles. The van der Waals surface area contributed by atoms with Gasteiger partial charge in [0, 0.05) is 11.0 Å². The average Bonchev–Trinajstić information content (AvgIpc) is 3.08. The molecule has 0 aromatic heterocycles. The van der Waals surface area contributed by atoms with Gasteiger partial charge in [-0.25, -0.2) is 0 Å². The molecule has 3 N–H and O–H groups in total. The monoisotopic (exact) mass is 466 g/mol. The van der Waals surface area contributed by atoms with Crippen LogP contribution in [-0.4, -0.2) is 30.1 Å². The Bertz CT molecular complexity index is 962. The van der Waals surface area contributed by atoms with E-state index in [1.165, 1.54) is 30.0 Å². The third-order valence-corrected chi connectivity index (χ3v) is 7.69. The Kier molecular flexibility index (Phi) is 6.31. The van der Waals surface area contributed by atoms with E-state index >= 15 is 0 Å². The fourth-order valence-electron chi connectivity index (χ4n) is 4.65. The highest BCUT2D eigenvalue weighted by Gasteiger charge is 2.52. The lowest BCUT2D eigenvalue weighted by atomic mass is 9.77. The molecule has 1 saturated heterocycles. The van der Waals surface area contributed by atoms with Gasteiger partial charge >= 0.3 is 6.36 Å². The van der Waals surface area contributed by atoms with Crippen molar-refractivity contribution in [3.8, 4) is 17.2 Å². The number of piperidine rings is 1. The van der Waals surface area contributed by atoms with Crippen LogP contribution in [0.2, 0.25) is 0 Å². The van der Waals surface area contributed by atoms with Crippen molar-refractivity contribution in [2.24, 2.45) is 11.1 Å². The number of hydrogen-bond acceptors (Lipinski definition) is 5. The van der Waals surface area contributed by atoms with Crippen LogP contribution >= 0.6 is 11.8 Å². The second-order valence-corrected chi connectivity index (χ2v) is 9.94. The molecule has 2 aromatic rings. The summed E-state index contributed by atoms with van der Waals surface area (Å²) in [6.07, 6.45) is -0.0921. The highest BCUT2D eigenvalue weighted by molar-refractivity contribution is 8.01. The molecule has 2 aromatic carbocycles. The molecule has 4 rings (SSSR count). The molecular formula is C23H25F3N2O3S. The third-order valence-electron chi connectivity index (χ3n) is 6.24. The summed E-state index contributed by atoms with van der Waals surface area (Å²) < 4.78 is 46.2. The number of thioether (sulfide) groups is 1. The van der Waals surface area contributed by atoms with Crippen molar-refractivity contribution in [1.29, 1.82) is 0 Å². The fraction of sp³-hybridized carbons (Fsp3) is 0.435. The minimum absolute atomic E-state index is 0.180. The van der Waals surface area contributed by atoms with Gasteiger partial charge in [-0.05, 0) is 87.0 Å². The summed E-state index contributed by atoms with van der Waals surface area (Å²) in [6.45, 7) is 1.95. The van der Waals surface area contributed by atoms with E-state index < -0.39 is 11.1 Å². The van der Waals surface area contributed by atoms with Crippen molar-refractivity contribution in [1.82, 2.24) is 5.32 Å². The van der Waals surface area contributed by atoms with Crippen LogP contribution in [0, 0.1) is 5.41 Å². The van der Waals surface area contributed by atoms with E-state index in [1.54, 1.807) is 18.2 Å². The molecule has 2 aliphatic rings. The molecule has 1 spiro atoms. The molecule has 1 saturated carbocycles. The number of benzene rings is 2. The van der Waals surface area contributed by atoms with Crippen molar-refractivity contribution in [2.75, 3.05) is 13.1 Å². The summed E-state index contributed by atoms with van der Waals surface area (Å²) in [6, 6.07) is 12.5. The molecule has 2 fully saturated rings. The average molecular weight is 467 g/mol. The molecular weight excluding hydrogens is 441 g/mol. The van der Waals surface area contributed by atoms with Crippen molar-refractivity contribution in [3.05, 3.63) is 48.5 Å². The maximum Gasteiger partial charge on any atom is 0.573 e. The van der Waals surface area contributed by atoms with E-state index in [0.717, 1.165) is 50.1 Å². The van der Waals surface area contributed by atoms with Gasteiger partial charge in [0.1, 0.15) is 17.2 Å². The fourth-order valence-corrected chi connectivity index (χ4v) is 6.06. The second-order valence-electron chi connectivity index (χ2n) is 8.48. The molecule has 5 nitrogen and oxygen atoms in total. The van der Waals surface area contributed by atoms with Gasteiger partial charge in [0.25, 0.3) is 0 Å². The van der Waals surface area contributed by atoms with Gasteiger partial charge < -0.3 is 20.5 Å². The number of primary amides is 1.